The lowest BCUT2D eigenvalue weighted by molar-refractivity contribution is -0.131. The minimum atomic E-state index is -3.00. The van der Waals surface area contributed by atoms with E-state index < -0.39 is 9.84 Å². The van der Waals surface area contributed by atoms with Crippen molar-refractivity contribution in [1.29, 1.82) is 0 Å². The molecule has 132 valence electrons. The number of amides is 1. The van der Waals surface area contributed by atoms with Gasteiger partial charge in [0.2, 0.25) is 5.91 Å². The van der Waals surface area contributed by atoms with E-state index in [9.17, 15) is 13.2 Å². The summed E-state index contributed by atoms with van der Waals surface area (Å²) >= 11 is 0. The maximum atomic E-state index is 12.8. The number of hydrogen-bond donors (Lipinski definition) is 1. The summed E-state index contributed by atoms with van der Waals surface area (Å²) in [6, 6.07) is 5.64. The predicted octanol–water partition coefficient (Wildman–Crippen LogP) is 1.06. The third-order valence-electron chi connectivity index (χ3n) is 5.02. The van der Waals surface area contributed by atoms with Crippen LogP contribution in [-0.4, -0.2) is 56.4 Å². The Bertz CT molecular complexity index is 733. The van der Waals surface area contributed by atoms with E-state index in [0.29, 0.717) is 13.0 Å². The third-order valence-corrected chi connectivity index (χ3v) is 6.77. The highest BCUT2D eigenvalue weighted by Gasteiger charge is 2.34. The topological polar surface area (TPSA) is 83.7 Å². The first-order valence-corrected chi connectivity index (χ1v) is 10.4. The second-order valence-corrected chi connectivity index (χ2v) is 8.84. The molecule has 0 aliphatic carbocycles. The van der Waals surface area contributed by atoms with E-state index in [-0.39, 0.29) is 30.0 Å². The molecule has 0 bridgehead atoms. The molecule has 0 saturated carbocycles. The first-order chi connectivity index (χ1) is 11.4. The van der Waals surface area contributed by atoms with Crippen LogP contribution in [0.4, 0.5) is 11.4 Å². The summed E-state index contributed by atoms with van der Waals surface area (Å²) in [4.78, 5) is 16.6. The molecule has 1 aromatic rings. The number of likely N-dealkylation sites (N-methyl/N-ethyl adjacent to an activating group) is 1. The molecule has 3 rings (SSSR count). The van der Waals surface area contributed by atoms with Gasteiger partial charge in [0.25, 0.3) is 0 Å². The lowest BCUT2D eigenvalue weighted by atomic mass is 10.00. The van der Waals surface area contributed by atoms with Crippen LogP contribution < -0.4 is 10.6 Å². The lowest BCUT2D eigenvalue weighted by Gasteiger charge is -2.34. The second kappa shape index (κ2) is 6.63. The molecule has 2 heterocycles. The minimum Gasteiger partial charge on any atom is -0.398 e. The van der Waals surface area contributed by atoms with Crippen molar-refractivity contribution in [2.24, 2.45) is 0 Å². The van der Waals surface area contributed by atoms with Crippen molar-refractivity contribution in [3.8, 4) is 0 Å². The Kier molecular flexibility index (Phi) is 4.71. The van der Waals surface area contributed by atoms with Gasteiger partial charge in [-0.1, -0.05) is 6.07 Å². The van der Waals surface area contributed by atoms with Gasteiger partial charge in [0.1, 0.15) is 0 Å². The van der Waals surface area contributed by atoms with Gasteiger partial charge in [-0.2, -0.15) is 0 Å². The van der Waals surface area contributed by atoms with Gasteiger partial charge >= 0.3 is 0 Å². The molecular weight excluding hydrogens is 326 g/mol. The smallest absolute Gasteiger partial charge is 0.242 e. The van der Waals surface area contributed by atoms with Crippen LogP contribution in [0.3, 0.4) is 0 Å². The van der Waals surface area contributed by atoms with Crippen molar-refractivity contribution >= 4 is 27.1 Å². The molecule has 2 aliphatic rings. The third kappa shape index (κ3) is 3.36. The average Bonchev–Trinajstić information content (AvgIpc) is 2.89. The molecule has 2 N–H and O–H groups in total. The molecule has 2 aliphatic heterocycles. The average molecular weight is 351 g/mol. The molecule has 1 amide bonds. The molecule has 1 unspecified atom stereocenters. The number of rotatable bonds is 4. The predicted molar refractivity (Wildman–Crippen MR) is 95.8 cm³/mol. The van der Waals surface area contributed by atoms with Gasteiger partial charge in [-0.15, -0.1) is 0 Å². The summed E-state index contributed by atoms with van der Waals surface area (Å²) in [6.45, 7) is 3.55. The molecule has 1 saturated heterocycles. The summed E-state index contributed by atoms with van der Waals surface area (Å²) in [7, 11) is -3.00. The maximum absolute atomic E-state index is 12.8. The fourth-order valence-electron chi connectivity index (χ4n) is 3.81. The first kappa shape index (κ1) is 17.1. The van der Waals surface area contributed by atoms with E-state index >= 15 is 0 Å². The molecular formula is C17H25N3O3S. The van der Waals surface area contributed by atoms with E-state index in [1.54, 1.807) is 4.90 Å². The standard InChI is InChI=1S/C17H25N3O3S/c1-2-20(13-8-10-24(22,23)12-13)17(21)11-19-9-4-5-14-15(18)6-3-7-16(14)19/h3,6-7,13H,2,4-5,8-12,18H2,1H3. The van der Waals surface area contributed by atoms with Crippen LogP contribution >= 0.6 is 0 Å². The van der Waals surface area contributed by atoms with Crippen LogP contribution in [0.25, 0.3) is 0 Å². The van der Waals surface area contributed by atoms with Gasteiger partial charge in [0.15, 0.2) is 9.84 Å². The molecule has 0 radical (unpaired) electrons. The minimum absolute atomic E-state index is 0.00475. The number of anilines is 2. The quantitative estimate of drug-likeness (QED) is 0.820. The number of carbonyl (C=O) groups is 1. The largest absolute Gasteiger partial charge is 0.398 e. The van der Waals surface area contributed by atoms with Gasteiger partial charge in [0.05, 0.1) is 18.1 Å². The first-order valence-electron chi connectivity index (χ1n) is 8.53. The molecule has 1 atom stereocenters. The fraction of sp³-hybridized carbons (Fsp3) is 0.588. The summed E-state index contributed by atoms with van der Waals surface area (Å²) < 4.78 is 23.4. The molecule has 1 aromatic carbocycles. The van der Waals surface area contributed by atoms with Crippen molar-refractivity contribution < 1.29 is 13.2 Å². The van der Waals surface area contributed by atoms with Crippen LogP contribution in [0.2, 0.25) is 0 Å². The van der Waals surface area contributed by atoms with E-state index in [0.717, 1.165) is 36.3 Å². The Morgan fingerprint density at radius 3 is 2.88 bits per heavy atom. The zero-order valence-electron chi connectivity index (χ0n) is 14.1. The second-order valence-electron chi connectivity index (χ2n) is 6.61. The van der Waals surface area contributed by atoms with Gasteiger partial charge < -0.3 is 15.5 Å². The fourth-order valence-corrected chi connectivity index (χ4v) is 5.54. The Morgan fingerprint density at radius 2 is 2.21 bits per heavy atom. The molecule has 7 heteroatoms. The number of hydrogen-bond acceptors (Lipinski definition) is 5. The van der Waals surface area contributed by atoms with Crippen molar-refractivity contribution in [2.75, 3.05) is 41.8 Å². The van der Waals surface area contributed by atoms with Gasteiger partial charge in [0, 0.05) is 30.5 Å². The number of sulfone groups is 1. The number of carbonyl (C=O) groups excluding carboxylic acids is 1. The highest BCUT2D eigenvalue weighted by Crippen LogP contribution is 2.31. The Balaban J connectivity index is 1.74. The summed E-state index contributed by atoms with van der Waals surface area (Å²) in [6.07, 6.45) is 2.45. The van der Waals surface area contributed by atoms with Crippen LogP contribution in [0.1, 0.15) is 25.3 Å². The van der Waals surface area contributed by atoms with Crippen LogP contribution in [0, 0.1) is 0 Å². The van der Waals surface area contributed by atoms with Crippen molar-refractivity contribution in [2.45, 2.75) is 32.2 Å². The highest BCUT2D eigenvalue weighted by atomic mass is 32.2. The summed E-state index contributed by atoms with van der Waals surface area (Å²) in [5, 5.41) is 0. The van der Waals surface area contributed by atoms with E-state index in [1.165, 1.54) is 0 Å². The van der Waals surface area contributed by atoms with Crippen molar-refractivity contribution in [1.82, 2.24) is 4.90 Å². The molecule has 0 spiro atoms. The van der Waals surface area contributed by atoms with Gasteiger partial charge in [-0.05, 0) is 43.9 Å². The molecule has 24 heavy (non-hydrogen) atoms. The number of benzene rings is 1. The summed E-state index contributed by atoms with van der Waals surface area (Å²) in [5.41, 5.74) is 8.98. The Labute approximate surface area is 143 Å². The SMILES string of the molecule is CCN(C(=O)CN1CCCc2c(N)cccc21)C1CCS(=O)(=O)C1. The van der Waals surface area contributed by atoms with E-state index in [2.05, 4.69) is 4.90 Å². The summed E-state index contributed by atoms with van der Waals surface area (Å²) in [5.74, 6) is 0.274. The lowest BCUT2D eigenvalue weighted by Crippen LogP contribution is -2.47. The van der Waals surface area contributed by atoms with Crippen molar-refractivity contribution in [3.63, 3.8) is 0 Å². The van der Waals surface area contributed by atoms with E-state index in [4.69, 9.17) is 5.73 Å². The van der Waals surface area contributed by atoms with Crippen LogP contribution in [-0.2, 0) is 21.1 Å². The molecule has 6 nitrogen and oxygen atoms in total. The van der Waals surface area contributed by atoms with E-state index in [1.807, 2.05) is 25.1 Å². The van der Waals surface area contributed by atoms with Gasteiger partial charge in [-0.3, -0.25) is 4.79 Å². The van der Waals surface area contributed by atoms with Crippen LogP contribution in [0.15, 0.2) is 18.2 Å². The Hall–Kier alpha value is -1.76. The van der Waals surface area contributed by atoms with Gasteiger partial charge in [-0.25, -0.2) is 8.42 Å². The number of nitrogens with two attached hydrogens (primary N) is 1. The highest BCUT2D eigenvalue weighted by molar-refractivity contribution is 7.91. The molecule has 1 fully saturated rings. The Morgan fingerprint density at radius 1 is 1.42 bits per heavy atom. The monoisotopic (exact) mass is 351 g/mol. The maximum Gasteiger partial charge on any atom is 0.242 e. The number of fused-ring (bicyclic) bond motifs is 1. The zero-order valence-corrected chi connectivity index (χ0v) is 14.9. The number of nitrogens with zero attached hydrogens (tertiary/aromatic N) is 2. The normalized spacial score (nSPS) is 22.2. The van der Waals surface area contributed by atoms with Crippen LogP contribution in [0.5, 0.6) is 0 Å². The van der Waals surface area contributed by atoms with Crippen molar-refractivity contribution in [3.05, 3.63) is 23.8 Å². The molecule has 0 aromatic heterocycles. The number of nitrogen functional groups attached to an aromatic ring is 1. The zero-order chi connectivity index (χ0) is 17.3.